The molecular formula is C17H19FN4O2. The highest BCUT2D eigenvalue weighted by Crippen LogP contribution is 2.22. The van der Waals surface area contributed by atoms with Crippen LogP contribution in [0.15, 0.2) is 30.5 Å². The van der Waals surface area contributed by atoms with Crippen molar-refractivity contribution in [2.75, 3.05) is 13.1 Å². The molecule has 0 saturated carbocycles. The molecule has 1 fully saturated rings. The summed E-state index contributed by atoms with van der Waals surface area (Å²) in [6.07, 6.45) is 2.72. The van der Waals surface area contributed by atoms with Gasteiger partial charge in [-0.25, -0.2) is 9.07 Å². The zero-order chi connectivity index (χ0) is 17.3. The molecule has 3 rings (SSSR count). The molecule has 2 amide bonds. The van der Waals surface area contributed by atoms with Crippen molar-refractivity contribution in [1.82, 2.24) is 14.7 Å². The highest BCUT2D eigenvalue weighted by molar-refractivity contribution is 5.96. The lowest BCUT2D eigenvalue weighted by Crippen LogP contribution is -2.32. The van der Waals surface area contributed by atoms with Crippen LogP contribution >= 0.6 is 0 Å². The second kappa shape index (κ2) is 6.43. The van der Waals surface area contributed by atoms with E-state index in [1.807, 2.05) is 6.92 Å². The highest BCUT2D eigenvalue weighted by Gasteiger charge is 2.31. The summed E-state index contributed by atoms with van der Waals surface area (Å²) < 4.78 is 14.7. The van der Waals surface area contributed by atoms with Crippen LogP contribution in [0.5, 0.6) is 0 Å². The molecule has 1 aliphatic heterocycles. The summed E-state index contributed by atoms with van der Waals surface area (Å²) in [5, 5.41) is 4.29. The number of rotatable bonds is 4. The Labute approximate surface area is 139 Å². The summed E-state index contributed by atoms with van der Waals surface area (Å²) in [7, 11) is 0. The maximum absolute atomic E-state index is 13.1. The van der Waals surface area contributed by atoms with Gasteiger partial charge in [-0.05, 0) is 37.1 Å². The van der Waals surface area contributed by atoms with E-state index in [0.717, 1.165) is 5.69 Å². The van der Waals surface area contributed by atoms with Crippen LogP contribution in [-0.2, 0) is 11.2 Å². The molecule has 2 aromatic rings. The van der Waals surface area contributed by atoms with Crippen molar-refractivity contribution in [3.05, 3.63) is 47.5 Å². The van der Waals surface area contributed by atoms with Crippen LogP contribution in [0.3, 0.4) is 0 Å². The number of benzene rings is 1. The van der Waals surface area contributed by atoms with Crippen LogP contribution in [-0.4, -0.2) is 39.6 Å². The van der Waals surface area contributed by atoms with Gasteiger partial charge in [0.25, 0.3) is 5.91 Å². The molecule has 24 heavy (non-hydrogen) atoms. The van der Waals surface area contributed by atoms with Gasteiger partial charge in [0.05, 0.1) is 29.1 Å². The number of carbonyl (C=O) groups is 2. The summed E-state index contributed by atoms with van der Waals surface area (Å²) in [4.78, 5) is 25.7. The molecule has 1 saturated heterocycles. The van der Waals surface area contributed by atoms with Crippen molar-refractivity contribution in [2.45, 2.75) is 19.8 Å². The van der Waals surface area contributed by atoms with Crippen LogP contribution in [0.25, 0.3) is 5.69 Å². The van der Waals surface area contributed by atoms with Crippen LogP contribution in [0.2, 0.25) is 0 Å². The van der Waals surface area contributed by atoms with Crippen LogP contribution in [0, 0.1) is 11.7 Å². The Balaban J connectivity index is 1.88. The van der Waals surface area contributed by atoms with E-state index >= 15 is 0 Å². The first kappa shape index (κ1) is 16.2. The molecule has 1 aliphatic rings. The molecular weight excluding hydrogens is 311 g/mol. The summed E-state index contributed by atoms with van der Waals surface area (Å²) in [6.45, 7) is 2.79. The molecule has 0 bridgehead atoms. The third kappa shape index (κ3) is 2.89. The van der Waals surface area contributed by atoms with Gasteiger partial charge in [-0.1, -0.05) is 6.92 Å². The maximum atomic E-state index is 13.1. The number of halogens is 1. The Hall–Kier alpha value is -2.70. The van der Waals surface area contributed by atoms with Crippen LogP contribution in [0.4, 0.5) is 4.39 Å². The molecule has 6 nitrogen and oxygen atoms in total. The van der Waals surface area contributed by atoms with E-state index in [0.29, 0.717) is 37.2 Å². The fourth-order valence-corrected chi connectivity index (χ4v) is 3.04. The lowest BCUT2D eigenvalue weighted by atomic mass is 10.1. The second-order valence-electron chi connectivity index (χ2n) is 5.89. The van der Waals surface area contributed by atoms with E-state index in [2.05, 4.69) is 5.10 Å². The quantitative estimate of drug-likeness (QED) is 0.923. The molecule has 1 atom stereocenters. The minimum absolute atomic E-state index is 0.149. The van der Waals surface area contributed by atoms with E-state index in [-0.39, 0.29) is 23.5 Å². The minimum Gasteiger partial charge on any atom is -0.369 e. The molecule has 1 aromatic heterocycles. The van der Waals surface area contributed by atoms with Gasteiger partial charge in [0, 0.05) is 13.1 Å². The molecule has 126 valence electrons. The van der Waals surface area contributed by atoms with Gasteiger partial charge >= 0.3 is 0 Å². The van der Waals surface area contributed by atoms with Crippen molar-refractivity contribution in [3.63, 3.8) is 0 Å². The Bertz CT molecular complexity index is 769. The molecule has 0 aliphatic carbocycles. The van der Waals surface area contributed by atoms with Gasteiger partial charge in [0.1, 0.15) is 5.82 Å². The third-order valence-corrected chi connectivity index (χ3v) is 4.38. The number of nitrogens with two attached hydrogens (primary N) is 1. The molecule has 0 radical (unpaired) electrons. The first-order chi connectivity index (χ1) is 11.5. The first-order valence-electron chi connectivity index (χ1n) is 7.92. The zero-order valence-corrected chi connectivity index (χ0v) is 13.4. The highest BCUT2D eigenvalue weighted by atomic mass is 19.1. The largest absolute Gasteiger partial charge is 0.369 e. The first-order valence-corrected chi connectivity index (χ1v) is 7.92. The second-order valence-corrected chi connectivity index (χ2v) is 5.89. The molecule has 0 spiro atoms. The predicted octanol–water partition coefficient (Wildman–Crippen LogP) is 1.52. The lowest BCUT2D eigenvalue weighted by Gasteiger charge is -2.16. The van der Waals surface area contributed by atoms with Crippen LogP contribution < -0.4 is 5.73 Å². The number of hydrogen-bond acceptors (Lipinski definition) is 3. The van der Waals surface area contributed by atoms with E-state index in [1.54, 1.807) is 21.7 Å². The molecule has 1 aromatic carbocycles. The van der Waals surface area contributed by atoms with Gasteiger partial charge in [-0.2, -0.15) is 5.10 Å². The van der Waals surface area contributed by atoms with E-state index in [4.69, 9.17) is 5.73 Å². The zero-order valence-electron chi connectivity index (χ0n) is 13.4. The smallest absolute Gasteiger partial charge is 0.257 e. The lowest BCUT2D eigenvalue weighted by molar-refractivity contribution is -0.121. The van der Waals surface area contributed by atoms with Crippen LogP contribution in [0.1, 0.15) is 29.4 Å². The Morgan fingerprint density at radius 2 is 2.04 bits per heavy atom. The monoisotopic (exact) mass is 330 g/mol. The van der Waals surface area contributed by atoms with Crippen molar-refractivity contribution >= 4 is 11.8 Å². The van der Waals surface area contributed by atoms with E-state index in [9.17, 15) is 14.0 Å². The molecule has 7 heteroatoms. The molecule has 0 unspecified atom stereocenters. The number of primary amides is 1. The average Bonchev–Trinajstić information content (AvgIpc) is 3.22. The van der Waals surface area contributed by atoms with E-state index < -0.39 is 0 Å². The van der Waals surface area contributed by atoms with Gasteiger partial charge < -0.3 is 10.6 Å². The number of aromatic nitrogens is 2. The summed E-state index contributed by atoms with van der Waals surface area (Å²) >= 11 is 0. The summed E-state index contributed by atoms with van der Waals surface area (Å²) in [5.74, 6) is -1.13. The van der Waals surface area contributed by atoms with Crippen molar-refractivity contribution in [3.8, 4) is 5.69 Å². The molecule has 2 N–H and O–H groups in total. The Morgan fingerprint density at radius 1 is 1.33 bits per heavy atom. The minimum atomic E-state index is -0.372. The fourth-order valence-electron chi connectivity index (χ4n) is 3.04. The number of likely N-dealkylation sites (tertiary alicyclic amines) is 1. The SMILES string of the molecule is CCc1c(C(=O)N2CC[C@@H](C(N)=O)C2)cnn1-c1ccc(F)cc1. The molecule has 2 heterocycles. The normalized spacial score (nSPS) is 17.2. The van der Waals surface area contributed by atoms with Gasteiger partial charge in [0.15, 0.2) is 0 Å². The van der Waals surface area contributed by atoms with Crippen molar-refractivity contribution in [1.29, 1.82) is 0 Å². The topological polar surface area (TPSA) is 81.2 Å². The van der Waals surface area contributed by atoms with Gasteiger partial charge in [-0.15, -0.1) is 0 Å². The number of nitrogens with zero attached hydrogens (tertiary/aromatic N) is 3. The summed E-state index contributed by atoms with van der Waals surface area (Å²) in [5.41, 5.74) is 7.29. The Kier molecular flexibility index (Phi) is 4.33. The number of carbonyl (C=O) groups excluding carboxylic acids is 2. The van der Waals surface area contributed by atoms with E-state index in [1.165, 1.54) is 18.3 Å². The third-order valence-electron chi connectivity index (χ3n) is 4.38. The standard InChI is InChI=1S/C17H19FN4O2/c1-2-15-14(17(24)21-8-7-11(10-21)16(19)23)9-20-22(15)13-5-3-12(18)4-6-13/h3-6,9,11H,2,7-8,10H2,1H3,(H2,19,23)/t11-/m1/s1. The average molecular weight is 330 g/mol. The fraction of sp³-hybridized carbons (Fsp3) is 0.353. The number of amides is 2. The van der Waals surface area contributed by atoms with Gasteiger partial charge in [0.2, 0.25) is 5.91 Å². The van der Waals surface area contributed by atoms with Crippen molar-refractivity contribution in [2.24, 2.45) is 11.7 Å². The Morgan fingerprint density at radius 3 is 2.62 bits per heavy atom. The predicted molar refractivity (Wildman–Crippen MR) is 86.1 cm³/mol. The van der Waals surface area contributed by atoms with Gasteiger partial charge in [-0.3, -0.25) is 9.59 Å². The maximum Gasteiger partial charge on any atom is 0.257 e. The number of hydrogen-bond donors (Lipinski definition) is 1. The summed E-state index contributed by atoms with van der Waals surface area (Å²) in [6, 6.07) is 5.95. The van der Waals surface area contributed by atoms with Crippen molar-refractivity contribution < 1.29 is 14.0 Å².